The van der Waals surface area contributed by atoms with Crippen molar-refractivity contribution in [2.75, 3.05) is 5.32 Å². The molecular weight excluding hydrogens is 275 g/mol. The molecule has 0 bridgehead atoms. The predicted octanol–water partition coefficient (Wildman–Crippen LogP) is 4.96. The Hall–Kier alpha value is -0.510. The first-order valence-electron chi connectivity index (χ1n) is 5.74. The highest BCUT2D eigenvalue weighted by Gasteiger charge is 2.16. The number of fused-ring (bicyclic) bond motifs is 1. The average Bonchev–Trinajstić information content (AvgIpc) is 2.89. The maximum absolute atomic E-state index is 5.99. The van der Waals surface area contributed by atoms with Crippen molar-refractivity contribution < 1.29 is 0 Å². The molecule has 0 saturated heterocycles. The number of rotatable bonds is 2. The van der Waals surface area contributed by atoms with Crippen molar-refractivity contribution in [1.29, 1.82) is 0 Å². The maximum atomic E-state index is 5.99. The van der Waals surface area contributed by atoms with Gasteiger partial charge in [0.1, 0.15) is 0 Å². The van der Waals surface area contributed by atoms with Crippen molar-refractivity contribution in [3.8, 4) is 0 Å². The molecule has 1 N–H and O–H groups in total. The molecule has 5 heteroatoms. The number of nitrogens with zero attached hydrogens (tertiary/aromatic N) is 1. The van der Waals surface area contributed by atoms with Gasteiger partial charge in [0.2, 0.25) is 0 Å². The molecule has 1 heterocycles. The zero-order valence-corrected chi connectivity index (χ0v) is 11.5. The fourth-order valence-corrected chi connectivity index (χ4v) is 3.58. The van der Waals surface area contributed by atoms with Crippen LogP contribution in [-0.2, 0) is 0 Å². The van der Waals surface area contributed by atoms with Gasteiger partial charge in [-0.3, -0.25) is 0 Å². The van der Waals surface area contributed by atoms with Gasteiger partial charge >= 0.3 is 0 Å². The lowest BCUT2D eigenvalue weighted by Crippen LogP contribution is -2.13. The summed E-state index contributed by atoms with van der Waals surface area (Å²) in [6, 6.07) is 4.30. The second-order valence-electron chi connectivity index (χ2n) is 4.38. The molecule has 0 spiro atoms. The second-order valence-corrected chi connectivity index (χ2v) is 6.22. The van der Waals surface area contributed by atoms with E-state index in [1.807, 2.05) is 12.1 Å². The van der Waals surface area contributed by atoms with Gasteiger partial charge in [-0.15, -0.1) is 0 Å². The van der Waals surface area contributed by atoms with Crippen LogP contribution >= 0.6 is 34.5 Å². The zero-order chi connectivity index (χ0) is 11.8. The molecule has 0 unspecified atom stereocenters. The molecule has 0 aliphatic heterocycles. The van der Waals surface area contributed by atoms with E-state index in [1.165, 1.54) is 25.7 Å². The lowest BCUT2D eigenvalue weighted by Gasteiger charge is -2.09. The highest BCUT2D eigenvalue weighted by molar-refractivity contribution is 7.22. The van der Waals surface area contributed by atoms with Crippen LogP contribution in [-0.4, -0.2) is 11.0 Å². The number of aromatic nitrogens is 1. The summed E-state index contributed by atoms with van der Waals surface area (Å²) in [6.07, 6.45) is 5.13. The lowest BCUT2D eigenvalue weighted by molar-refractivity contribution is 0.754. The minimum Gasteiger partial charge on any atom is -0.359 e. The molecular formula is C12H12Cl2N2S. The normalized spacial score (nSPS) is 16.8. The third-order valence-corrected chi connectivity index (χ3v) is 4.78. The largest absolute Gasteiger partial charge is 0.359 e. The number of benzene rings is 1. The SMILES string of the molecule is Clc1cc2nc(NC3CCCC3)sc2cc1Cl. The fourth-order valence-electron chi connectivity index (χ4n) is 2.23. The van der Waals surface area contributed by atoms with Gasteiger partial charge in [0.25, 0.3) is 0 Å². The van der Waals surface area contributed by atoms with E-state index in [0.29, 0.717) is 16.1 Å². The van der Waals surface area contributed by atoms with Crippen LogP contribution in [0.25, 0.3) is 10.2 Å². The van der Waals surface area contributed by atoms with Crippen LogP contribution in [0.15, 0.2) is 12.1 Å². The van der Waals surface area contributed by atoms with Crippen LogP contribution in [0.1, 0.15) is 25.7 Å². The molecule has 0 amide bonds. The topological polar surface area (TPSA) is 24.9 Å². The van der Waals surface area contributed by atoms with E-state index in [9.17, 15) is 0 Å². The molecule has 3 rings (SSSR count). The highest BCUT2D eigenvalue weighted by Crippen LogP contribution is 2.34. The number of nitrogens with one attached hydrogen (secondary N) is 1. The molecule has 2 nitrogen and oxygen atoms in total. The Morgan fingerprint density at radius 2 is 1.88 bits per heavy atom. The Morgan fingerprint density at radius 1 is 1.18 bits per heavy atom. The summed E-state index contributed by atoms with van der Waals surface area (Å²) in [5, 5.41) is 5.63. The Kier molecular flexibility index (Phi) is 3.16. The monoisotopic (exact) mass is 286 g/mol. The molecule has 1 saturated carbocycles. The predicted molar refractivity (Wildman–Crippen MR) is 75.5 cm³/mol. The van der Waals surface area contributed by atoms with Gasteiger partial charge in [-0.1, -0.05) is 47.4 Å². The summed E-state index contributed by atoms with van der Waals surface area (Å²) in [6.45, 7) is 0. The van der Waals surface area contributed by atoms with E-state index < -0.39 is 0 Å². The van der Waals surface area contributed by atoms with Gasteiger partial charge in [-0.05, 0) is 25.0 Å². The van der Waals surface area contributed by atoms with Crippen molar-refractivity contribution >= 4 is 49.9 Å². The summed E-state index contributed by atoms with van der Waals surface area (Å²) in [4.78, 5) is 4.54. The Bertz CT molecular complexity index is 508. The quantitative estimate of drug-likeness (QED) is 0.844. The van der Waals surface area contributed by atoms with Gasteiger partial charge in [0.15, 0.2) is 5.13 Å². The second kappa shape index (κ2) is 4.63. The first-order chi connectivity index (χ1) is 8.22. The minimum atomic E-state index is 0.567. The standard InChI is InChI=1S/C12H12Cl2N2S/c13-8-5-10-11(6-9(8)14)17-12(16-10)15-7-3-1-2-4-7/h5-7H,1-4H2,(H,15,16). The smallest absolute Gasteiger partial charge is 0.184 e. The van der Waals surface area contributed by atoms with Crippen molar-refractivity contribution in [2.45, 2.75) is 31.7 Å². The van der Waals surface area contributed by atoms with Crippen molar-refractivity contribution in [2.24, 2.45) is 0 Å². The van der Waals surface area contributed by atoms with Crippen molar-refractivity contribution in [3.05, 3.63) is 22.2 Å². The third-order valence-electron chi connectivity index (χ3n) is 3.11. The van der Waals surface area contributed by atoms with E-state index in [2.05, 4.69) is 10.3 Å². The first-order valence-corrected chi connectivity index (χ1v) is 7.32. The fraction of sp³-hybridized carbons (Fsp3) is 0.417. The number of thiazole rings is 1. The molecule has 0 radical (unpaired) electrons. The molecule has 1 aromatic heterocycles. The average molecular weight is 287 g/mol. The molecule has 0 atom stereocenters. The molecule has 17 heavy (non-hydrogen) atoms. The maximum Gasteiger partial charge on any atom is 0.184 e. The third kappa shape index (κ3) is 2.37. The van der Waals surface area contributed by atoms with Gasteiger partial charge in [-0.2, -0.15) is 0 Å². The van der Waals surface area contributed by atoms with E-state index in [-0.39, 0.29) is 0 Å². The van der Waals surface area contributed by atoms with Gasteiger partial charge in [-0.25, -0.2) is 4.98 Å². The van der Waals surface area contributed by atoms with Crippen LogP contribution in [0.2, 0.25) is 10.0 Å². The van der Waals surface area contributed by atoms with Crippen LogP contribution in [0.4, 0.5) is 5.13 Å². The van der Waals surface area contributed by atoms with Crippen molar-refractivity contribution in [1.82, 2.24) is 4.98 Å². The lowest BCUT2D eigenvalue weighted by atomic mass is 10.3. The summed E-state index contributed by atoms with van der Waals surface area (Å²) >= 11 is 13.6. The number of hydrogen-bond acceptors (Lipinski definition) is 3. The molecule has 1 aromatic carbocycles. The number of anilines is 1. The van der Waals surface area contributed by atoms with E-state index in [1.54, 1.807) is 11.3 Å². The summed E-state index contributed by atoms with van der Waals surface area (Å²) in [5.41, 5.74) is 0.921. The zero-order valence-electron chi connectivity index (χ0n) is 9.17. The molecule has 1 aliphatic rings. The molecule has 1 fully saturated rings. The van der Waals surface area contributed by atoms with Crippen LogP contribution in [0, 0.1) is 0 Å². The van der Waals surface area contributed by atoms with Gasteiger partial charge < -0.3 is 5.32 Å². The molecule has 1 aliphatic carbocycles. The van der Waals surface area contributed by atoms with E-state index in [0.717, 1.165) is 15.3 Å². The highest BCUT2D eigenvalue weighted by atomic mass is 35.5. The van der Waals surface area contributed by atoms with E-state index in [4.69, 9.17) is 23.2 Å². The first kappa shape index (κ1) is 11.6. The van der Waals surface area contributed by atoms with E-state index >= 15 is 0 Å². The Balaban J connectivity index is 1.90. The Morgan fingerprint density at radius 3 is 2.65 bits per heavy atom. The molecule has 2 aromatic rings. The van der Waals surface area contributed by atoms with Crippen LogP contribution in [0.3, 0.4) is 0 Å². The van der Waals surface area contributed by atoms with Crippen LogP contribution in [0.5, 0.6) is 0 Å². The summed E-state index contributed by atoms with van der Waals surface area (Å²) < 4.78 is 1.08. The Labute approximate surface area is 114 Å². The van der Waals surface area contributed by atoms with Gasteiger partial charge in [0.05, 0.1) is 20.3 Å². The van der Waals surface area contributed by atoms with Crippen LogP contribution < -0.4 is 5.32 Å². The summed E-state index contributed by atoms with van der Waals surface area (Å²) in [7, 11) is 0. The molecule has 90 valence electrons. The number of hydrogen-bond donors (Lipinski definition) is 1. The number of halogens is 2. The summed E-state index contributed by atoms with van der Waals surface area (Å²) in [5.74, 6) is 0. The minimum absolute atomic E-state index is 0.567. The van der Waals surface area contributed by atoms with Gasteiger partial charge in [0, 0.05) is 6.04 Å². The van der Waals surface area contributed by atoms with Crippen molar-refractivity contribution in [3.63, 3.8) is 0 Å².